The maximum Gasteiger partial charge on any atom is 0.257 e. The molecule has 3 aromatic rings. The molecule has 1 aliphatic heterocycles. The molecule has 1 N–H and O–H groups in total. The summed E-state index contributed by atoms with van der Waals surface area (Å²) in [7, 11) is 0. The lowest BCUT2D eigenvalue weighted by atomic mass is 10.2. The topological polar surface area (TPSA) is 86.0 Å². The van der Waals surface area contributed by atoms with Gasteiger partial charge in [-0.3, -0.25) is 4.79 Å². The van der Waals surface area contributed by atoms with E-state index in [4.69, 9.17) is 25.5 Å². The minimum Gasteiger partial charge on any atom is -0.454 e. The minimum absolute atomic E-state index is 0.124. The van der Waals surface area contributed by atoms with Gasteiger partial charge in [0, 0.05) is 11.6 Å². The normalized spacial score (nSPS) is 12.8. The zero-order chi connectivity index (χ0) is 17.9. The third-order valence-corrected chi connectivity index (χ3v) is 4.64. The Hall–Kier alpha value is -2.71. The van der Waals surface area contributed by atoms with Gasteiger partial charge in [-0.25, -0.2) is 10.4 Å². The lowest BCUT2D eigenvalue weighted by Crippen LogP contribution is -2.19. The Bertz CT molecular complexity index is 972. The SMILES string of the molecule is O=C(CSc1nc2ccccc2o1)N/N=C/c1cc2c(cc1Cl)OCO2. The molecule has 0 atom stereocenters. The Morgan fingerprint density at radius 1 is 1.31 bits per heavy atom. The van der Waals surface area contributed by atoms with Crippen molar-refractivity contribution < 1.29 is 18.7 Å². The van der Waals surface area contributed by atoms with Crippen molar-refractivity contribution in [3.05, 3.63) is 47.0 Å². The molecule has 0 saturated carbocycles. The van der Waals surface area contributed by atoms with Gasteiger partial charge in [-0.1, -0.05) is 35.5 Å². The number of hydrazone groups is 1. The highest BCUT2D eigenvalue weighted by molar-refractivity contribution is 7.99. The van der Waals surface area contributed by atoms with Gasteiger partial charge in [-0.2, -0.15) is 5.10 Å². The second-order valence-electron chi connectivity index (χ2n) is 5.26. The highest BCUT2D eigenvalue weighted by Crippen LogP contribution is 2.36. The van der Waals surface area contributed by atoms with Crippen LogP contribution in [0.4, 0.5) is 0 Å². The number of thioether (sulfide) groups is 1. The predicted molar refractivity (Wildman–Crippen MR) is 98.0 cm³/mol. The summed E-state index contributed by atoms with van der Waals surface area (Å²) in [6, 6.07) is 10.8. The first kappa shape index (κ1) is 16.7. The number of nitrogens with zero attached hydrogens (tertiary/aromatic N) is 2. The third-order valence-electron chi connectivity index (χ3n) is 3.49. The standard InChI is InChI=1S/C17H12ClN3O4S/c18-11-6-15-14(23-9-24-15)5-10(11)7-19-21-16(22)8-26-17-20-12-3-1-2-4-13(12)25-17/h1-7H,8-9H2,(H,21,22)/b19-7+. The van der Waals surface area contributed by atoms with Crippen LogP contribution < -0.4 is 14.9 Å². The Morgan fingerprint density at radius 3 is 2.96 bits per heavy atom. The molecule has 0 saturated heterocycles. The number of benzene rings is 2. The van der Waals surface area contributed by atoms with E-state index < -0.39 is 0 Å². The van der Waals surface area contributed by atoms with Gasteiger partial charge in [0.15, 0.2) is 17.1 Å². The van der Waals surface area contributed by atoms with Gasteiger partial charge in [-0.05, 0) is 18.2 Å². The number of ether oxygens (including phenoxy) is 2. The van der Waals surface area contributed by atoms with Gasteiger partial charge in [0.2, 0.25) is 6.79 Å². The first-order valence-corrected chi connectivity index (χ1v) is 8.95. The van der Waals surface area contributed by atoms with E-state index in [1.54, 1.807) is 12.1 Å². The lowest BCUT2D eigenvalue weighted by Gasteiger charge is -2.01. The van der Waals surface area contributed by atoms with Crippen LogP contribution in [0.15, 0.2) is 51.1 Å². The van der Waals surface area contributed by atoms with Gasteiger partial charge in [0.05, 0.1) is 17.0 Å². The first-order chi connectivity index (χ1) is 12.7. The molecule has 9 heteroatoms. The van der Waals surface area contributed by atoms with E-state index in [0.29, 0.717) is 32.9 Å². The van der Waals surface area contributed by atoms with Crippen molar-refractivity contribution in [2.75, 3.05) is 12.5 Å². The average molecular weight is 390 g/mol. The molecule has 1 amide bonds. The van der Waals surface area contributed by atoms with Crippen LogP contribution in [0.5, 0.6) is 11.5 Å². The number of hydrogen-bond donors (Lipinski definition) is 1. The van der Waals surface area contributed by atoms with Crippen LogP contribution in [0.3, 0.4) is 0 Å². The third kappa shape index (κ3) is 3.61. The molecule has 26 heavy (non-hydrogen) atoms. The number of para-hydroxylation sites is 2. The van der Waals surface area contributed by atoms with Crippen LogP contribution in [0.1, 0.15) is 5.56 Å². The fourth-order valence-electron chi connectivity index (χ4n) is 2.28. The monoisotopic (exact) mass is 389 g/mol. The molecule has 0 unspecified atom stereocenters. The Balaban J connectivity index is 1.33. The quantitative estimate of drug-likeness (QED) is 0.408. The van der Waals surface area contributed by atoms with Gasteiger partial charge < -0.3 is 13.9 Å². The number of oxazole rings is 1. The average Bonchev–Trinajstić information content (AvgIpc) is 3.25. The molecule has 0 aliphatic carbocycles. The fraction of sp³-hybridized carbons (Fsp3) is 0.118. The van der Waals surface area contributed by atoms with E-state index in [9.17, 15) is 4.79 Å². The molecule has 0 spiro atoms. The molecule has 0 radical (unpaired) electrons. The molecular weight excluding hydrogens is 378 g/mol. The summed E-state index contributed by atoms with van der Waals surface area (Å²) in [6.07, 6.45) is 1.45. The molecule has 2 heterocycles. The van der Waals surface area contributed by atoms with E-state index in [0.717, 1.165) is 5.52 Å². The van der Waals surface area contributed by atoms with Crippen molar-refractivity contribution >= 4 is 46.6 Å². The van der Waals surface area contributed by atoms with Gasteiger partial charge in [0.25, 0.3) is 11.1 Å². The molecule has 0 bridgehead atoms. The van der Waals surface area contributed by atoms with Crippen molar-refractivity contribution in [3.63, 3.8) is 0 Å². The zero-order valence-corrected chi connectivity index (χ0v) is 14.8. The zero-order valence-electron chi connectivity index (χ0n) is 13.3. The number of nitrogens with one attached hydrogen (secondary N) is 1. The van der Waals surface area contributed by atoms with E-state index in [1.165, 1.54) is 18.0 Å². The van der Waals surface area contributed by atoms with Crippen molar-refractivity contribution in [1.82, 2.24) is 10.4 Å². The lowest BCUT2D eigenvalue weighted by molar-refractivity contribution is -0.118. The largest absolute Gasteiger partial charge is 0.454 e. The van der Waals surface area contributed by atoms with Crippen molar-refractivity contribution in [1.29, 1.82) is 0 Å². The van der Waals surface area contributed by atoms with Gasteiger partial charge in [0.1, 0.15) is 5.52 Å². The summed E-state index contributed by atoms with van der Waals surface area (Å²) in [4.78, 5) is 16.2. The first-order valence-electron chi connectivity index (χ1n) is 7.58. The highest BCUT2D eigenvalue weighted by Gasteiger charge is 2.15. The number of aromatic nitrogens is 1. The molecule has 0 fully saturated rings. The predicted octanol–water partition coefficient (Wildman–Crippen LogP) is 3.45. The van der Waals surface area contributed by atoms with Crippen LogP contribution in [0, 0.1) is 0 Å². The number of rotatable bonds is 5. The Kier molecular flexibility index (Phi) is 4.68. The van der Waals surface area contributed by atoms with Crippen molar-refractivity contribution in [2.24, 2.45) is 5.10 Å². The second-order valence-corrected chi connectivity index (χ2v) is 6.59. The van der Waals surface area contributed by atoms with Crippen molar-refractivity contribution in [2.45, 2.75) is 5.22 Å². The van der Waals surface area contributed by atoms with Crippen molar-refractivity contribution in [3.8, 4) is 11.5 Å². The fourth-order valence-corrected chi connectivity index (χ4v) is 3.11. The maximum atomic E-state index is 11.9. The van der Waals surface area contributed by atoms with E-state index in [2.05, 4.69) is 15.5 Å². The van der Waals surface area contributed by atoms with Crippen LogP contribution in [0.25, 0.3) is 11.1 Å². The van der Waals surface area contributed by atoms with Gasteiger partial charge >= 0.3 is 0 Å². The summed E-state index contributed by atoms with van der Waals surface area (Å²) >= 11 is 7.33. The minimum atomic E-state index is -0.287. The molecule has 132 valence electrons. The molecule has 2 aromatic carbocycles. The Morgan fingerprint density at radius 2 is 2.12 bits per heavy atom. The summed E-state index contributed by atoms with van der Waals surface area (Å²) in [5.41, 5.74) is 4.49. The van der Waals surface area contributed by atoms with Crippen LogP contribution in [-0.2, 0) is 4.79 Å². The number of halogens is 1. The van der Waals surface area contributed by atoms with E-state index in [1.807, 2.05) is 24.3 Å². The number of hydrogen-bond acceptors (Lipinski definition) is 7. The highest BCUT2D eigenvalue weighted by atomic mass is 35.5. The summed E-state index contributed by atoms with van der Waals surface area (Å²) < 4.78 is 16.1. The summed E-state index contributed by atoms with van der Waals surface area (Å²) in [5.74, 6) is 1.02. The van der Waals surface area contributed by atoms with Crippen LogP contribution >= 0.6 is 23.4 Å². The molecule has 4 rings (SSSR count). The number of carbonyl (C=O) groups is 1. The maximum absolute atomic E-state index is 11.9. The molecule has 1 aliphatic rings. The summed E-state index contributed by atoms with van der Waals surface area (Å²) in [5, 5.41) is 4.80. The molecule has 7 nitrogen and oxygen atoms in total. The Labute approximate surface area is 157 Å². The van der Waals surface area contributed by atoms with Crippen LogP contribution in [0.2, 0.25) is 5.02 Å². The van der Waals surface area contributed by atoms with E-state index in [-0.39, 0.29) is 18.5 Å². The number of carbonyl (C=O) groups excluding carboxylic acids is 1. The van der Waals surface area contributed by atoms with E-state index >= 15 is 0 Å². The smallest absolute Gasteiger partial charge is 0.257 e. The van der Waals surface area contributed by atoms with Gasteiger partial charge in [-0.15, -0.1) is 0 Å². The molecule has 1 aromatic heterocycles. The summed E-state index contributed by atoms with van der Waals surface area (Å²) in [6.45, 7) is 0.163. The number of amides is 1. The van der Waals surface area contributed by atoms with Crippen LogP contribution in [-0.4, -0.2) is 29.7 Å². The molecular formula is C17H12ClN3O4S. The number of fused-ring (bicyclic) bond motifs is 2. The second kappa shape index (κ2) is 7.27.